The van der Waals surface area contributed by atoms with E-state index in [1.165, 1.54) is 19.2 Å². The number of anilines is 1. The molecule has 1 saturated heterocycles. The van der Waals surface area contributed by atoms with Crippen LogP contribution in [0.2, 0.25) is 0 Å². The number of nitrogens with zero attached hydrogens (tertiary/aromatic N) is 4. The smallest absolute Gasteiger partial charge is 0.296 e. The molecule has 1 fully saturated rings. The average Bonchev–Trinajstić information content (AvgIpc) is 3.23. The zero-order valence-electron chi connectivity index (χ0n) is 17.4. The largest absolute Gasteiger partial charge is 0.496 e. The van der Waals surface area contributed by atoms with Crippen LogP contribution >= 0.6 is 0 Å². The third kappa shape index (κ3) is 4.37. The maximum Gasteiger partial charge on any atom is 0.296 e. The summed E-state index contributed by atoms with van der Waals surface area (Å²) in [5, 5.41) is 21.7. The van der Waals surface area contributed by atoms with Gasteiger partial charge in [0, 0.05) is 31.6 Å². The number of aromatic nitrogens is 2. The van der Waals surface area contributed by atoms with Crippen molar-refractivity contribution >= 4 is 34.1 Å². The van der Waals surface area contributed by atoms with Gasteiger partial charge in [0.2, 0.25) is 5.91 Å². The Balaban J connectivity index is 1.34. The van der Waals surface area contributed by atoms with Crippen molar-refractivity contribution < 1.29 is 19.2 Å². The first kappa shape index (κ1) is 21.2. The van der Waals surface area contributed by atoms with E-state index in [2.05, 4.69) is 15.5 Å². The number of ether oxygens (including phenoxy) is 1. The number of methoxy groups -OCH3 is 1. The summed E-state index contributed by atoms with van der Waals surface area (Å²) in [6.45, 7) is 1.99. The van der Waals surface area contributed by atoms with E-state index in [-0.39, 0.29) is 29.7 Å². The predicted octanol–water partition coefficient (Wildman–Crippen LogP) is 1.88. The van der Waals surface area contributed by atoms with Gasteiger partial charge < -0.3 is 15.0 Å². The average molecular weight is 438 g/mol. The number of nitrogens with one attached hydrogen (secondary N) is 2. The highest BCUT2D eigenvalue weighted by Crippen LogP contribution is 2.29. The lowest BCUT2D eigenvalue weighted by Crippen LogP contribution is -2.50. The lowest BCUT2D eigenvalue weighted by molar-refractivity contribution is -0.384. The SMILES string of the molecule is COc1ccc(NC(=O)CN2CCN(C(=O)c3n[nH]c4ccccc34)CC2)c([N+](=O)[O-])c1. The highest BCUT2D eigenvalue weighted by atomic mass is 16.6. The number of nitro groups is 1. The van der Waals surface area contributed by atoms with Gasteiger partial charge in [-0.05, 0) is 18.2 Å². The number of nitro benzene ring substituents is 1. The lowest BCUT2D eigenvalue weighted by atomic mass is 10.2. The first-order valence-corrected chi connectivity index (χ1v) is 10.0. The summed E-state index contributed by atoms with van der Waals surface area (Å²) in [6.07, 6.45) is 0. The number of fused-ring (bicyclic) bond motifs is 1. The number of rotatable bonds is 6. The number of amides is 2. The number of H-pyrrole nitrogens is 1. The van der Waals surface area contributed by atoms with Crippen molar-refractivity contribution in [3.8, 4) is 5.75 Å². The van der Waals surface area contributed by atoms with E-state index in [4.69, 9.17) is 4.74 Å². The minimum atomic E-state index is -0.568. The van der Waals surface area contributed by atoms with Crippen molar-refractivity contribution in [1.29, 1.82) is 0 Å². The summed E-state index contributed by atoms with van der Waals surface area (Å²) >= 11 is 0. The molecule has 2 N–H and O–H groups in total. The molecule has 2 aromatic carbocycles. The Hall–Kier alpha value is -3.99. The zero-order valence-corrected chi connectivity index (χ0v) is 17.4. The summed E-state index contributed by atoms with van der Waals surface area (Å²) in [7, 11) is 1.41. The maximum atomic E-state index is 12.9. The van der Waals surface area contributed by atoms with Crippen LogP contribution < -0.4 is 10.1 Å². The Bertz CT molecular complexity index is 1170. The minimum Gasteiger partial charge on any atom is -0.496 e. The van der Waals surface area contributed by atoms with Crippen molar-refractivity contribution in [2.75, 3.05) is 45.2 Å². The molecule has 2 amide bonds. The van der Waals surface area contributed by atoms with Crippen molar-refractivity contribution in [3.63, 3.8) is 0 Å². The minimum absolute atomic E-state index is 0.0660. The van der Waals surface area contributed by atoms with Gasteiger partial charge in [-0.1, -0.05) is 18.2 Å². The predicted molar refractivity (Wildman–Crippen MR) is 117 cm³/mol. The summed E-state index contributed by atoms with van der Waals surface area (Å²) < 4.78 is 5.00. The number of hydrogen-bond acceptors (Lipinski definition) is 7. The van der Waals surface area contributed by atoms with Gasteiger partial charge in [-0.25, -0.2) is 0 Å². The Morgan fingerprint density at radius 2 is 1.94 bits per heavy atom. The molecule has 1 aromatic heterocycles. The van der Waals surface area contributed by atoms with Crippen LogP contribution in [-0.2, 0) is 4.79 Å². The second kappa shape index (κ2) is 9.02. The van der Waals surface area contributed by atoms with Crippen LogP contribution in [0.4, 0.5) is 11.4 Å². The normalized spacial score (nSPS) is 14.3. The number of hydrogen-bond donors (Lipinski definition) is 2. The first-order valence-electron chi connectivity index (χ1n) is 10.0. The molecule has 0 radical (unpaired) electrons. The highest BCUT2D eigenvalue weighted by molar-refractivity contribution is 6.04. The van der Waals surface area contributed by atoms with Gasteiger partial charge >= 0.3 is 0 Å². The number of benzene rings is 2. The summed E-state index contributed by atoms with van der Waals surface area (Å²) in [6, 6.07) is 11.7. The van der Waals surface area contributed by atoms with Crippen molar-refractivity contribution in [3.05, 3.63) is 58.3 Å². The molecule has 3 aromatic rings. The van der Waals surface area contributed by atoms with Gasteiger partial charge in [-0.15, -0.1) is 0 Å². The fourth-order valence-corrected chi connectivity index (χ4v) is 3.67. The maximum absolute atomic E-state index is 12.9. The van der Waals surface area contributed by atoms with Crippen LogP contribution in [0.5, 0.6) is 5.75 Å². The van der Waals surface area contributed by atoms with Crippen molar-refractivity contribution in [2.45, 2.75) is 0 Å². The monoisotopic (exact) mass is 438 g/mol. The van der Waals surface area contributed by atoms with E-state index in [1.54, 1.807) is 11.0 Å². The fraction of sp³-hybridized carbons (Fsp3) is 0.286. The molecule has 1 aliphatic heterocycles. The van der Waals surface area contributed by atoms with Crippen LogP contribution in [0.25, 0.3) is 10.9 Å². The Labute approximate surface area is 183 Å². The molecule has 0 spiro atoms. The Morgan fingerprint density at radius 1 is 1.19 bits per heavy atom. The summed E-state index contributed by atoms with van der Waals surface area (Å²) in [4.78, 5) is 39.7. The topological polar surface area (TPSA) is 134 Å². The van der Waals surface area contributed by atoms with Crippen LogP contribution in [0, 0.1) is 10.1 Å². The molecule has 4 rings (SSSR count). The molecule has 0 atom stereocenters. The van der Waals surface area contributed by atoms with Gasteiger partial charge in [-0.3, -0.25) is 29.7 Å². The van der Waals surface area contributed by atoms with E-state index in [0.29, 0.717) is 37.6 Å². The summed E-state index contributed by atoms with van der Waals surface area (Å²) in [5.41, 5.74) is 1.07. The number of carbonyl (C=O) groups excluding carboxylic acids is 2. The zero-order chi connectivity index (χ0) is 22.7. The van der Waals surface area contributed by atoms with E-state index in [9.17, 15) is 19.7 Å². The highest BCUT2D eigenvalue weighted by Gasteiger charge is 2.26. The van der Waals surface area contributed by atoms with Gasteiger partial charge in [0.05, 0.1) is 30.2 Å². The molecule has 1 aliphatic rings. The second-order valence-corrected chi connectivity index (χ2v) is 7.37. The quantitative estimate of drug-likeness (QED) is 0.443. The third-order valence-corrected chi connectivity index (χ3v) is 5.38. The fourth-order valence-electron chi connectivity index (χ4n) is 3.67. The number of para-hydroxylation sites is 1. The van der Waals surface area contributed by atoms with Gasteiger partial charge in [-0.2, -0.15) is 5.10 Å². The van der Waals surface area contributed by atoms with Crippen molar-refractivity contribution in [2.24, 2.45) is 0 Å². The van der Waals surface area contributed by atoms with E-state index < -0.39 is 4.92 Å². The molecule has 0 saturated carbocycles. The van der Waals surface area contributed by atoms with Gasteiger partial charge in [0.15, 0.2) is 5.69 Å². The summed E-state index contributed by atoms with van der Waals surface area (Å²) in [5.74, 6) is -0.183. The Kier molecular flexibility index (Phi) is 5.99. The molecule has 2 heterocycles. The number of aromatic amines is 1. The molecule has 0 bridgehead atoms. The number of piperazine rings is 1. The molecule has 11 heteroatoms. The molecule has 32 heavy (non-hydrogen) atoms. The molecular formula is C21H22N6O5. The van der Waals surface area contributed by atoms with Crippen LogP contribution in [-0.4, -0.2) is 76.6 Å². The molecule has 0 aliphatic carbocycles. The lowest BCUT2D eigenvalue weighted by Gasteiger charge is -2.34. The Morgan fingerprint density at radius 3 is 2.66 bits per heavy atom. The van der Waals surface area contributed by atoms with E-state index in [1.807, 2.05) is 29.2 Å². The first-order chi connectivity index (χ1) is 15.5. The molecule has 166 valence electrons. The second-order valence-electron chi connectivity index (χ2n) is 7.37. The van der Waals surface area contributed by atoms with Crippen LogP contribution in [0.3, 0.4) is 0 Å². The molecule has 0 unspecified atom stereocenters. The van der Waals surface area contributed by atoms with Gasteiger partial charge in [0.25, 0.3) is 11.6 Å². The number of carbonyl (C=O) groups is 2. The van der Waals surface area contributed by atoms with Crippen LogP contribution in [0.1, 0.15) is 10.5 Å². The van der Waals surface area contributed by atoms with Crippen molar-refractivity contribution in [1.82, 2.24) is 20.0 Å². The standard InChI is InChI=1S/C21H22N6O5/c1-32-14-6-7-17(18(12-14)27(30)31)22-19(28)13-25-8-10-26(11-9-25)21(29)20-15-4-2-3-5-16(15)23-24-20/h2-7,12H,8-11,13H2,1H3,(H,22,28)(H,23,24). The van der Waals surface area contributed by atoms with E-state index >= 15 is 0 Å². The molecular weight excluding hydrogens is 416 g/mol. The van der Waals surface area contributed by atoms with E-state index in [0.717, 1.165) is 10.9 Å². The van der Waals surface area contributed by atoms with Gasteiger partial charge in [0.1, 0.15) is 11.4 Å². The third-order valence-electron chi connectivity index (χ3n) is 5.38. The molecule has 11 nitrogen and oxygen atoms in total. The van der Waals surface area contributed by atoms with Crippen LogP contribution in [0.15, 0.2) is 42.5 Å².